The van der Waals surface area contributed by atoms with Crippen LogP contribution in [0.2, 0.25) is 0 Å². The molecule has 2 fully saturated rings. The van der Waals surface area contributed by atoms with Crippen LogP contribution in [0, 0.1) is 0 Å². The third-order valence-corrected chi connectivity index (χ3v) is 9.17. The summed E-state index contributed by atoms with van der Waals surface area (Å²) in [7, 11) is 3.65. The average molecular weight is 515 g/mol. The number of hydrogen-bond donors (Lipinski definition) is 2. The van der Waals surface area contributed by atoms with Crippen LogP contribution in [0.3, 0.4) is 0 Å². The van der Waals surface area contributed by atoms with Crippen molar-refractivity contribution in [2.24, 2.45) is 0 Å². The quantitative estimate of drug-likeness (QED) is 0.611. The van der Waals surface area contributed by atoms with Crippen molar-refractivity contribution in [3.05, 3.63) is 64.7 Å². The summed E-state index contributed by atoms with van der Waals surface area (Å²) in [5.74, 6) is 0.144. The van der Waals surface area contributed by atoms with Gasteiger partial charge in [-0.15, -0.1) is 0 Å². The zero-order valence-electron chi connectivity index (χ0n) is 20.6. The van der Waals surface area contributed by atoms with E-state index in [9.17, 15) is 28.2 Å². The summed E-state index contributed by atoms with van der Waals surface area (Å²) in [4.78, 5) is 16.8. The highest BCUT2D eigenvalue weighted by atomic mass is 19.4. The average Bonchev–Trinajstić information content (AvgIpc) is 3.19. The molecule has 1 saturated carbocycles. The van der Waals surface area contributed by atoms with E-state index in [0.717, 1.165) is 29.8 Å². The number of aliphatic hydroxyl groups is 1. The SMILES string of the molecule is CN1CC[C@]23c4c5ccc(O)c4O[C@H]2C[C@H](N(C)C(=O)C=Cc2cccc(C(F)(F)F)c2)C[C@@]3(O)[C@H]1C5. The number of ether oxygens (including phenoxy) is 1. The van der Waals surface area contributed by atoms with Crippen LogP contribution in [0.25, 0.3) is 6.08 Å². The predicted octanol–water partition coefficient (Wildman–Crippen LogP) is 3.74. The molecular formula is C28H29F3N2O4. The van der Waals surface area contributed by atoms with E-state index in [1.165, 1.54) is 24.3 Å². The molecule has 1 saturated heterocycles. The van der Waals surface area contributed by atoms with Crippen LogP contribution in [0.5, 0.6) is 11.5 Å². The molecule has 0 unspecified atom stereocenters. The van der Waals surface area contributed by atoms with E-state index in [-0.39, 0.29) is 29.3 Å². The topological polar surface area (TPSA) is 73.2 Å². The lowest BCUT2D eigenvalue weighted by Crippen LogP contribution is -2.77. The molecule has 2 aliphatic heterocycles. The van der Waals surface area contributed by atoms with Gasteiger partial charge in [-0.2, -0.15) is 13.2 Å². The number of piperidine rings is 1. The maximum atomic E-state index is 13.1. The van der Waals surface area contributed by atoms with Crippen molar-refractivity contribution in [3.63, 3.8) is 0 Å². The highest BCUT2D eigenvalue weighted by molar-refractivity contribution is 5.92. The second-order valence-electron chi connectivity index (χ2n) is 10.9. The lowest BCUT2D eigenvalue weighted by molar-refractivity contribution is -0.194. The third kappa shape index (κ3) is 3.36. The number of likely N-dealkylation sites (N-methyl/N-ethyl adjacent to an activating group) is 2. The largest absolute Gasteiger partial charge is 0.504 e. The highest BCUT2D eigenvalue weighted by Crippen LogP contribution is 2.65. The lowest BCUT2D eigenvalue weighted by Gasteiger charge is -2.64. The Bertz CT molecular complexity index is 1310. The molecule has 2 heterocycles. The van der Waals surface area contributed by atoms with Gasteiger partial charge in [-0.1, -0.05) is 18.2 Å². The third-order valence-electron chi connectivity index (χ3n) is 9.17. The second kappa shape index (κ2) is 7.98. The fourth-order valence-corrected chi connectivity index (χ4v) is 7.33. The van der Waals surface area contributed by atoms with Crippen molar-refractivity contribution < 1.29 is 32.9 Å². The van der Waals surface area contributed by atoms with Crippen LogP contribution in [0.15, 0.2) is 42.5 Å². The fraction of sp³-hybridized carbons (Fsp3) is 0.464. The molecule has 6 rings (SSSR count). The van der Waals surface area contributed by atoms with E-state index >= 15 is 0 Å². The van der Waals surface area contributed by atoms with E-state index in [0.29, 0.717) is 31.4 Å². The molecule has 4 aliphatic rings. The van der Waals surface area contributed by atoms with Crippen LogP contribution >= 0.6 is 0 Å². The number of alkyl halides is 3. The van der Waals surface area contributed by atoms with Gasteiger partial charge in [0.05, 0.1) is 16.6 Å². The van der Waals surface area contributed by atoms with E-state index in [1.807, 2.05) is 13.1 Å². The molecule has 6 nitrogen and oxygen atoms in total. The molecular weight excluding hydrogens is 485 g/mol. The highest BCUT2D eigenvalue weighted by Gasteiger charge is 2.72. The number of likely N-dealkylation sites (tertiary alicyclic amines) is 1. The molecule has 5 atom stereocenters. The van der Waals surface area contributed by atoms with Gasteiger partial charge in [0.2, 0.25) is 5.91 Å². The van der Waals surface area contributed by atoms with Crippen LogP contribution in [-0.4, -0.2) is 70.3 Å². The van der Waals surface area contributed by atoms with Crippen molar-refractivity contribution >= 4 is 12.0 Å². The van der Waals surface area contributed by atoms with Gasteiger partial charge in [0.25, 0.3) is 0 Å². The molecule has 2 N–H and O–H groups in total. The maximum absolute atomic E-state index is 13.1. The van der Waals surface area contributed by atoms with Gasteiger partial charge in [0.1, 0.15) is 6.10 Å². The van der Waals surface area contributed by atoms with Crippen LogP contribution in [0.4, 0.5) is 13.2 Å². The molecule has 9 heteroatoms. The number of phenols is 1. The van der Waals surface area contributed by atoms with E-state index < -0.39 is 28.9 Å². The van der Waals surface area contributed by atoms with E-state index in [1.54, 1.807) is 18.0 Å². The zero-order chi connectivity index (χ0) is 26.3. The van der Waals surface area contributed by atoms with Crippen LogP contribution in [-0.2, 0) is 22.8 Å². The van der Waals surface area contributed by atoms with E-state index in [4.69, 9.17) is 4.74 Å². The summed E-state index contributed by atoms with van der Waals surface area (Å²) in [5.41, 5.74) is -0.314. The van der Waals surface area contributed by atoms with Gasteiger partial charge in [0, 0.05) is 37.2 Å². The van der Waals surface area contributed by atoms with Crippen molar-refractivity contribution in [2.45, 2.75) is 61.1 Å². The van der Waals surface area contributed by atoms with Gasteiger partial charge in [-0.25, -0.2) is 0 Å². The minimum absolute atomic E-state index is 0.0623. The Morgan fingerprint density at radius 2 is 2.05 bits per heavy atom. The number of benzene rings is 2. The molecule has 0 aromatic heterocycles. The Balaban J connectivity index is 1.30. The summed E-state index contributed by atoms with van der Waals surface area (Å²) >= 11 is 0. The van der Waals surface area contributed by atoms with Crippen LogP contribution in [0.1, 0.15) is 41.5 Å². The van der Waals surface area contributed by atoms with Crippen molar-refractivity contribution in [2.75, 3.05) is 20.6 Å². The fourth-order valence-electron chi connectivity index (χ4n) is 7.33. The van der Waals surface area contributed by atoms with Gasteiger partial charge in [-0.05, 0) is 68.3 Å². The number of hydrogen-bond acceptors (Lipinski definition) is 5. The summed E-state index contributed by atoms with van der Waals surface area (Å²) in [6, 6.07) is 7.87. The lowest BCUT2D eigenvalue weighted by atomic mass is 9.48. The number of nitrogens with zero attached hydrogens (tertiary/aromatic N) is 2. The van der Waals surface area contributed by atoms with Crippen molar-refractivity contribution in [1.82, 2.24) is 9.80 Å². The number of carbonyl (C=O) groups is 1. The molecule has 2 aromatic rings. The number of phenolic OH excluding ortho intramolecular Hbond substituents is 1. The van der Waals surface area contributed by atoms with Gasteiger partial charge in [0.15, 0.2) is 11.5 Å². The number of halogens is 3. The first-order valence-corrected chi connectivity index (χ1v) is 12.5. The molecule has 37 heavy (non-hydrogen) atoms. The number of aromatic hydroxyl groups is 1. The Morgan fingerprint density at radius 3 is 2.81 bits per heavy atom. The normalized spacial score (nSPS) is 32.2. The summed E-state index contributed by atoms with van der Waals surface area (Å²) in [6.45, 7) is 0.792. The first kappa shape index (κ1) is 24.3. The van der Waals surface area contributed by atoms with Crippen molar-refractivity contribution in [3.8, 4) is 11.5 Å². The Morgan fingerprint density at radius 1 is 1.27 bits per heavy atom. The Labute approximate surface area is 212 Å². The zero-order valence-corrected chi connectivity index (χ0v) is 20.6. The Kier molecular flexibility index (Phi) is 5.24. The smallest absolute Gasteiger partial charge is 0.416 e. The van der Waals surface area contributed by atoms with Gasteiger partial charge < -0.3 is 24.7 Å². The number of amides is 1. The first-order chi connectivity index (χ1) is 17.5. The van der Waals surface area contributed by atoms with Gasteiger partial charge >= 0.3 is 6.18 Å². The number of carbonyl (C=O) groups excluding carboxylic acids is 1. The van der Waals surface area contributed by atoms with E-state index in [2.05, 4.69) is 4.90 Å². The second-order valence-corrected chi connectivity index (χ2v) is 10.9. The summed E-state index contributed by atoms with van der Waals surface area (Å²) < 4.78 is 45.5. The monoisotopic (exact) mass is 514 g/mol. The molecule has 2 aliphatic carbocycles. The Hall–Kier alpha value is -3.04. The summed E-state index contributed by atoms with van der Waals surface area (Å²) in [5, 5.41) is 23.0. The maximum Gasteiger partial charge on any atom is 0.416 e. The van der Waals surface area contributed by atoms with Crippen LogP contribution < -0.4 is 4.74 Å². The predicted molar refractivity (Wildman–Crippen MR) is 130 cm³/mol. The molecule has 1 spiro atoms. The molecule has 2 bridgehead atoms. The number of rotatable bonds is 3. The molecule has 2 aromatic carbocycles. The molecule has 0 radical (unpaired) electrons. The standard InChI is InChI=1S/C28H29F3N2O4/c1-32-11-10-26-22-14-19(33(2)23(35)9-6-16-4-3-5-18(12-16)28(29,30)31)15-27(26,36)21(32)13-17-7-8-20(34)25(37-22)24(17)26/h3-9,12,19,21-22,34,36H,10-11,13-15H2,1-2H3/t19-,21+,22-,26+,27+/m0/s1. The molecule has 1 amide bonds. The summed E-state index contributed by atoms with van der Waals surface area (Å²) in [6.07, 6.45) is -0.0950. The minimum atomic E-state index is -4.46. The molecule has 196 valence electrons. The minimum Gasteiger partial charge on any atom is -0.504 e. The first-order valence-electron chi connectivity index (χ1n) is 12.5. The van der Waals surface area contributed by atoms with Crippen molar-refractivity contribution in [1.29, 1.82) is 0 Å². The van der Waals surface area contributed by atoms with Gasteiger partial charge in [-0.3, -0.25) is 4.79 Å².